The van der Waals surface area contributed by atoms with Crippen molar-refractivity contribution in [1.82, 2.24) is 25.4 Å². The first-order chi connectivity index (χ1) is 12.3. The molecule has 0 bridgehead atoms. The second-order valence-corrected chi connectivity index (χ2v) is 6.44. The molecule has 2 N–H and O–H groups in total. The molecule has 1 fully saturated rings. The molecule has 1 saturated carbocycles. The third-order valence-corrected chi connectivity index (χ3v) is 4.58. The lowest BCUT2D eigenvalue weighted by Gasteiger charge is -2.25. The van der Waals surface area contributed by atoms with E-state index in [9.17, 15) is 0 Å². The minimum Gasteiger partial charge on any atom is -0.467 e. The summed E-state index contributed by atoms with van der Waals surface area (Å²) in [7, 11) is 0. The number of aromatic nitrogens is 3. The number of guanidine groups is 1. The number of aliphatic imine (C=N–C) groups is 1. The molecule has 1 aliphatic carbocycles. The molecule has 2 aromatic heterocycles. The molecular formula is C18H28N6O. The molecule has 7 heteroatoms. The maximum atomic E-state index is 5.38. The Labute approximate surface area is 148 Å². The smallest absolute Gasteiger partial charge is 0.191 e. The van der Waals surface area contributed by atoms with Crippen LogP contribution >= 0.6 is 0 Å². The lowest BCUT2D eigenvalue weighted by molar-refractivity contribution is 0.409. The minimum absolute atomic E-state index is 0.512. The topological polar surface area (TPSA) is 80.3 Å². The van der Waals surface area contributed by atoms with Gasteiger partial charge in [-0.05, 0) is 25.0 Å². The van der Waals surface area contributed by atoms with E-state index in [0.29, 0.717) is 12.6 Å². The Morgan fingerprint density at radius 3 is 3.00 bits per heavy atom. The van der Waals surface area contributed by atoms with Gasteiger partial charge >= 0.3 is 0 Å². The highest BCUT2D eigenvalue weighted by atomic mass is 16.3. The Morgan fingerprint density at radius 1 is 1.36 bits per heavy atom. The van der Waals surface area contributed by atoms with Gasteiger partial charge in [-0.25, -0.2) is 4.99 Å². The molecule has 0 aliphatic heterocycles. The summed E-state index contributed by atoms with van der Waals surface area (Å²) >= 11 is 0. The highest BCUT2D eigenvalue weighted by Crippen LogP contribution is 2.17. The maximum absolute atomic E-state index is 5.38. The molecule has 0 aromatic carbocycles. The molecule has 0 saturated heterocycles. The van der Waals surface area contributed by atoms with Gasteiger partial charge in [0.15, 0.2) is 5.96 Å². The first-order valence-corrected chi connectivity index (χ1v) is 9.29. The van der Waals surface area contributed by atoms with Crippen LogP contribution in [0, 0.1) is 0 Å². The fourth-order valence-corrected chi connectivity index (χ4v) is 3.19. The second-order valence-electron chi connectivity index (χ2n) is 6.44. The summed E-state index contributed by atoms with van der Waals surface area (Å²) in [5.74, 6) is 2.74. The SMILES string of the molecule is CCc1nncn1CCNC(=NCc1ccco1)NC1CCCCC1. The van der Waals surface area contributed by atoms with Gasteiger partial charge in [-0.3, -0.25) is 0 Å². The van der Waals surface area contributed by atoms with Crippen molar-refractivity contribution in [2.45, 2.75) is 64.6 Å². The fraction of sp³-hybridized carbons (Fsp3) is 0.611. The van der Waals surface area contributed by atoms with E-state index in [-0.39, 0.29) is 0 Å². The van der Waals surface area contributed by atoms with Crippen molar-refractivity contribution in [2.75, 3.05) is 6.54 Å². The van der Waals surface area contributed by atoms with Gasteiger partial charge in [0.05, 0.1) is 6.26 Å². The molecular weight excluding hydrogens is 316 g/mol. The molecule has 0 unspecified atom stereocenters. The molecule has 0 atom stereocenters. The van der Waals surface area contributed by atoms with Crippen LogP contribution in [0.5, 0.6) is 0 Å². The first-order valence-electron chi connectivity index (χ1n) is 9.29. The van der Waals surface area contributed by atoms with Gasteiger partial charge in [0, 0.05) is 25.6 Å². The van der Waals surface area contributed by atoms with Crippen molar-refractivity contribution in [2.24, 2.45) is 4.99 Å². The molecule has 7 nitrogen and oxygen atoms in total. The third-order valence-electron chi connectivity index (χ3n) is 4.58. The van der Waals surface area contributed by atoms with Crippen molar-refractivity contribution < 1.29 is 4.42 Å². The highest BCUT2D eigenvalue weighted by molar-refractivity contribution is 5.80. The maximum Gasteiger partial charge on any atom is 0.191 e. The van der Waals surface area contributed by atoms with Gasteiger partial charge in [-0.1, -0.05) is 26.2 Å². The summed E-state index contributed by atoms with van der Waals surface area (Å²) in [5, 5.41) is 15.1. The quantitative estimate of drug-likeness (QED) is 0.596. The van der Waals surface area contributed by atoms with E-state index in [1.54, 1.807) is 12.6 Å². The fourth-order valence-electron chi connectivity index (χ4n) is 3.19. The van der Waals surface area contributed by atoms with E-state index >= 15 is 0 Å². The van der Waals surface area contributed by atoms with E-state index in [1.807, 2.05) is 12.1 Å². The normalized spacial score (nSPS) is 16.1. The van der Waals surface area contributed by atoms with Crippen LogP contribution in [0.1, 0.15) is 50.6 Å². The molecule has 0 radical (unpaired) electrons. The van der Waals surface area contributed by atoms with Gasteiger partial charge in [0.2, 0.25) is 0 Å². The van der Waals surface area contributed by atoms with Crippen molar-refractivity contribution in [3.63, 3.8) is 0 Å². The van der Waals surface area contributed by atoms with Crippen molar-refractivity contribution in [3.8, 4) is 0 Å². The average Bonchev–Trinajstić information content (AvgIpc) is 3.32. The summed E-state index contributed by atoms with van der Waals surface area (Å²) in [5.41, 5.74) is 0. The first kappa shape index (κ1) is 17.5. The molecule has 0 spiro atoms. The van der Waals surface area contributed by atoms with Crippen molar-refractivity contribution >= 4 is 5.96 Å². The summed E-state index contributed by atoms with van der Waals surface area (Å²) in [4.78, 5) is 4.68. The lowest BCUT2D eigenvalue weighted by Crippen LogP contribution is -2.45. The second kappa shape index (κ2) is 9.25. The third kappa shape index (κ3) is 5.34. The summed E-state index contributed by atoms with van der Waals surface area (Å²) in [6, 6.07) is 4.36. The number of hydrogen-bond acceptors (Lipinski definition) is 4. The lowest BCUT2D eigenvalue weighted by atomic mass is 9.96. The van der Waals surface area contributed by atoms with Gasteiger partial charge < -0.3 is 19.6 Å². The van der Waals surface area contributed by atoms with E-state index in [1.165, 1.54) is 32.1 Å². The van der Waals surface area contributed by atoms with Gasteiger partial charge in [0.25, 0.3) is 0 Å². The van der Waals surface area contributed by atoms with Gasteiger partial charge in [-0.2, -0.15) is 0 Å². The predicted molar refractivity (Wildman–Crippen MR) is 97.3 cm³/mol. The number of rotatable bonds is 7. The van der Waals surface area contributed by atoms with Crippen LogP contribution in [-0.2, 0) is 19.5 Å². The van der Waals surface area contributed by atoms with Gasteiger partial charge in [-0.15, -0.1) is 10.2 Å². The predicted octanol–water partition coefficient (Wildman–Crippen LogP) is 2.50. The van der Waals surface area contributed by atoms with Crippen LogP contribution in [0.4, 0.5) is 0 Å². The number of nitrogens with zero attached hydrogens (tertiary/aromatic N) is 4. The van der Waals surface area contributed by atoms with Crippen LogP contribution in [0.3, 0.4) is 0 Å². The standard InChI is InChI=1S/C18H28N6O/c1-2-17-23-21-14-24(17)11-10-19-18(20-13-16-9-6-12-25-16)22-15-7-4-3-5-8-15/h6,9,12,14-15H,2-5,7-8,10-11,13H2,1H3,(H2,19,20,22). The Hall–Kier alpha value is -2.31. The zero-order chi connectivity index (χ0) is 17.3. The summed E-state index contributed by atoms with van der Waals surface area (Å²) < 4.78 is 7.47. The van der Waals surface area contributed by atoms with Crippen LogP contribution in [-0.4, -0.2) is 33.3 Å². The monoisotopic (exact) mass is 344 g/mol. The molecule has 2 heterocycles. The molecule has 3 rings (SSSR count). The molecule has 1 aliphatic rings. The largest absolute Gasteiger partial charge is 0.467 e. The van der Waals surface area contributed by atoms with Crippen LogP contribution in [0.2, 0.25) is 0 Å². The number of furan rings is 1. The van der Waals surface area contributed by atoms with Crippen molar-refractivity contribution in [3.05, 3.63) is 36.3 Å². The average molecular weight is 344 g/mol. The van der Waals surface area contributed by atoms with E-state index in [0.717, 1.165) is 37.1 Å². The Kier molecular flexibility index (Phi) is 6.48. The summed E-state index contributed by atoms with van der Waals surface area (Å²) in [6.07, 6.45) is 10.7. The van der Waals surface area contributed by atoms with Crippen LogP contribution in [0.15, 0.2) is 34.1 Å². The minimum atomic E-state index is 0.512. The van der Waals surface area contributed by atoms with E-state index < -0.39 is 0 Å². The van der Waals surface area contributed by atoms with Crippen LogP contribution in [0.25, 0.3) is 0 Å². The molecule has 136 valence electrons. The van der Waals surface area contributed by atoms with E-state index in [4.69, 9.17) is 4.42 Å². The Morgan fingerprint density at radius 2 is 2.24 bits per heavy atom. The molecule has 2 aromatic rings. The zero-order valence-electron chi connectivity index (χ0n) is 14.9. The Bertz CT molecular complexity index is 642. The molecule has 0 amide bonds. The number of nitrogens with one attached hydrogen (secondary N) is 2. The zero-order valence-corrected chi connectivity index (χ0v) is 14.9. The Balaban J connectivity index is 1.55. The number of hydrogen-bond donors (Lipinski definition) is 2. The number of aryl methyl sites for hydroxylation is 1. The van der Waals surface area contributed by atoms with E-state index in [2.05, 4.69) is 37.3 Å². The van der Waals surface area contributed by atoms with Crippen LogP contribution < -0.4 is 10.6 Å². The highest BCUT2D eigenvalue weighted by Gasteiger charge is 2.14. The summed E-state index contributed by atoms with van der Waals surface area (Å²) in [6.45, 7) is 4.24. The van der Waals surface area contributed by atoms with Gasteiger partial charge in [0.1, 0.15) is 24.5 Å². The van der Waals surface area contributed by atoms with Crippen molar-refractivity contribution in [1.29, 1.82) is 0 Å². The molecule has 25 heavy (non-hydrogen) atoms.